The Hall–Kier alpha value is -0.650. The Balaban J connectivity index is 1.61. The minimum atomic E-state index is 0.576. The number of hydrogen-bond acceptors (Lipinski definition) is 5. The summed E-state index contributed by atoms with van der Waals surface area (Å²) in [4.78, 5) is 8.60. The average Bonchev–Trinajstić information content (AvgIpc) is 2.48. The van der Waals surface area contributed by atoms with E-state index < -0.39 is 0 Å². The summed E-state index contributed by atoms with van der Waals surface area (Å²) in [7, 11) is 0. The molecular formula is C14H23N3OS. The molecule has 0 spiro atoms. The van der Waals surface area contributed by atoms with Crippen molar-refractivity contribution in [2.75, 3.05) is 26.0 Å². The number of nitrogens with zero attached hydrogens (tertiary/aromatic N) is 2. The molecule has 1 aliphatic heterocycles. The third kappa shape index (κ3) is 5.09. The zero-order valence-corrected chi connectivity index (χ0v) is 12.4. The zero-order chi connectivity index (χ0) is 13.3. The van der Waals surface area contributed by atoms with Crippen LogP contribution >= 0.6 is 11.8 Å². The molecule has 1 saturated heterocycles. The van der Waals surface area contributed by atoms with E-state index in [1.54, 1.807) is 24.2 Å². The van der Waals surface area contributed by atoms with E-state index >= 15 is 0 Å². The summed E-state index contributed by atoms with van der Waals surface area (Å²) >= 11 is 1.62. The van der Waals surface area contributed by atoms with Gasteiger partial charge in [0.25, 0.3) is 0 Å². The fraction of sp³-hybridized carbons (Fsp3) is 0.714. The number of piperidine rings is 1. The van der Waals surface area contributed by atoms with Crippen molar-refractivity contribution in [2.45, 2.75) is 37.3 Å². The van der Waals surface area contributed by atoms with Crippen LogP contribution in [0.25, 0.3) is 0 Å². The van der Waals surface area contributed by atoms with Gasteiger partial charge >= 0.3 is 0 Å². The van der Waals surface area contributed by atoms with Crippen LogP contribution in [0.1, 0.15) is 31.4 Å². The lowest BCUT2D eigenvalue weighted by atomic mass is 9.95. The predicted octanol–water partition coefficient (Wildman–Crippen LogP) is 2.49. The number of ether oxygens (including phenoxy) is 1. The maximum absolute atomic E-state index is 5.72. The highest BCUT2D eigenvalue weighted by molar-refractivity contribution is 7.98. The fourth-order valence-electron chi connectivity index (χ4n) is 2.44. The van der Waals surface area contributed by atoms with Crippen LogP contribution in [0.15, 0.2) is 17.4 Å². The molecule has 1 aromatic heterocycles. The van der Waals surface area contributed by atoms with Crippen LogP contribution in [0.5, 0.6) is 0 Å². The monoisotopic (exact) mass is 281 g/mol. The third-order valence-corrected chi connectivity index (χ3v) is 4.20. The van der Waals surface area contributed by atoms with Crippen LogP contribution in [0, 0.1) is 5.92 Å². The van der Waals surface area contributed by atoms with Crippen molar-refractivity contribution >= 4 is 11.8 Å². The van der Waals surface area contributed by atoms with Gasteiger partial charge in [-0.1, -0.05) is 0 Å². The average molecular weight is 281 g/mol. The van der Waals surface area contributed by atoms with Crippen molar-refractivity contribution in [3.05, 3.63) is 18.1 Å². The Morgan fingerprint density at radius 2 is 2.32 bits per heavy atom. The molecule has 0 saturated carbocycles. The normalized spacial score (nSPS) is 19.5. The molecule has 2 rings (SSSR count). The standard InChI is InChI=1S/C14H23N3OS/c1-19-14-13(16-7-8-17-14)11-18-9-3-5-12-4-2-6-15-10-12/h7-8,12,15H,2-6,9-11H2,1H3/t12-/m0/s1. The Morgan fingerprint density at radius 3 is 3.11 bits per heavy atom. The second-order valence-corrected chi connectivity index (χ2v) is 5.71. The van der Waals surface area contributed by atoms with Gasteiger partial charge in [0.2, 0.25) is 0 Å². The molecule has 5 heteroatoms. The van der Waals surface area contributed by atoms with Crippen molar-refractivity contribution in [1.29, 1.82) is 0 Å². The van der Waals surface area contributed by atoms with Crippen LogP contribution in [0.4, 0.5) is 0 Å². The molecule has 4 nitrogen and oxygen atoms in total. The van der Waals surface area contributed by atoms with Crippen molar-refractivity contribution in [1.82, 2.24) is 15.3 Å². The lowest BCUT2D eigenvalue weighted by molar-refractivity contribution is 0.108. The molecule has 106 valence electrons. The molecule has 2 heterocycles. The Labute approximate surface area is 119 Å². The van der Waals surface area contributed by atoms with E-state index in [1.807, 2.05) is 6.26 Å². The van der Waals surface area contributed by atoms with Gasteiger partial charge in [-0.25, -0.2) is 4.98 Å². The van der Waals surface area contributed by atoms with Crippen molar-refractivity contribution in [3.8, 4) is 0 Å². The van der Waals surface area contributed by atoms with Gasteiger partial charge in [-0.05, 0) is 50.9 Å². The van der Waals surface area contributed by atoms with E-state index in [2.05, 4.69) is 15.3 Å². The quantitative estimate of drug-likeness (QED) is 0.614. The maximum atomic E-state index is 5.72. The van der Waals surface area contributed by atoms with E-state index in [-0.39, 0.29) is 0 Å². The van der Waals surface area contributed by atoms with Crippen LogP contribution < -0.4 is 5.32 Å². The number of aromatic nitrogens is 2. The Morgan fingerprint density at radius 1 is 1.42 bits per heavy atom. The molecule has 1 aromatic rings. The van der Waals surface area contributed by atoms with Gasteiger partial charge in [0, 0.05) is 19.0 Å². The van der Waals surface area contributed by atoms with Gasteiger partial charge in [0.05, 0.1) is 12.3 Å². The molecule has 0 aromatic carbocycles. The van der Waals surface area contributed by atoms with Gasteiger partial charge in [-0.3, -0.25) is 4.98 Å². The first-order valence-corrected chi connectivity index (χ1v) is 8.25. The highest BCUT2D eigenvalue weighted by Gasteiger charge is 2.12. The molecule has 1 aliphatic rings. The van der Waals surface area contributed by atoms with Crippen LogP contribution in [0.3, 0.4) is 0 Å². The van der Waals surface area contributed by atoms with Crippen LogP contribution in [0.2, 0.25) is 0 Å². The summed E-state index contributed by atoms with van der Waals surface area (Å²) in [5.41, 5.74) is 0.953. The number of thioether (sulfide) groups is 1. The second kappa shape index (κ2) is 8.51. The molecule has 19 heavy (non-hydrogen) atoms. The van der Waals surface area contributed by atoms with Gasteiger partial charge in [0.15, 0.2) is 0 Å². The highest BCUT2D eigenvalue weighted by atomic mass is 32.2. The predicted molar refractivity (Wildman–Crippen MR) is 78.3 cm³/mol. The summed E-state index contributed by atoms with van der Waals surface area (Å²) in [5, 5.41) is 4.43. The van der Waals surface area contributed by atoms with Crippen molar-refractivity contribution in [2.24, 2.45) is 5.92 Å². The van der Waals surface area contributed by atoms with E-state index in [9.17, 15) is 0 Å². The fourth-order valence-corrected chi connectivity index (χ4v) is 2.95. The Bertz CT molecular complexity index is 369. The zero-order valence-electron chi connectivity index (χ0n) is 11.6. The maximum Gasteiger partial charge on any atom is 0.120 e. The van der Waals surface area contributed by atoms with E-state index in [4.69, 9.17) is 4.74 Å². The SMILES string of the molecule is CSc1nccnc1COCCC[C@@H]1CCCNC1. The molecule has 0 unspecified atom stereocenters. The van der Waals surface area contributed by atoms with Crippen LogP contribution in [-0.2, 0) is 11.3 Å². The summed E-state index contributed by atoms with van der Waals surface area (Å²) in [6.45, 7) is 3.77. The number of nitrogens with one attached hydrogen (secondary N) is 1. The molecule has 1 fully saturated rings. The van der Waals surface area contributed by atoms with Crippen LogP contribution in [-0.4, -0.2) is 35.9 Å². The summed E-state index contributed by atoms with van der Waals surface area (Å²) < 4.78 is 5.72. The van der Waals surface area contributed by atoms with Crippen molar-refractivity contribution < 1.29 is 4.74 Å². The van der Waals surface area contributed by atoms with E-state index in [0.717, 1.165) is 29.7 Å². The van der Waals surface area contributed by atoms with Gasteiger partial charge in [0.1, 0.15) is 5.03 Å². The van der Waals surface area contributed by atoms with E-state index in [0.29, 0.717) is 6.61 Å². The summed E-state index contributed by atoms with van der Waals surface area (Å²) in [6, 6.07) is 0. The minimum absolute atomic E-state index is 0.576. The highest BCUT2D eigenvalue weighted by Crippen LogP contribution is 2.17. The molecule has 0 aliphatic carbocycles. The van der Waals surface area contributed by atoms with Gasteiger partial charge in [-0.15, -0.1) is 11.8 Å². The van der Waals surface area contributed by atoms with E-state index in [1.165, 1.54) is 32.4 Å². The lowest BCUT2D eigenvalue weighted by Crippen LogP contribution is -2.29. The van der Waals surface area contributed by atoms with Gasteiger partial charge in [-0.2, -0.15) is 0 Å². The largest absolute Gasteiger partial charge is 0.375 e. The minimum Gasteiger partial charge on any atom is -0.375 e. The smallest absolute Gasteiger partial charge is 0.120 e. The molecule has 1 atom stereocenters. The third-order valence-electron chi connectivity index (χ3n) is 3.47. The molecule has 1 N–H and O–H groups in total. The summed E-state index contributed by atoms with van der Waals surface area (Å²) in [5.74, 6) is 0.843. The molecule has 0 radical (unpaired) electrons. The lowest BCUT2D eigenvalue weighted by Gasteiger charge is -2.22. The topological polar surface area (TPSA) is 47.0 Å². The Kier molecular flexibility index (Phi) is 6.61. The second-order valence-electron chi connectivity index (χ2n) is 4.92. The van der Waals surface area contributed by atoms with Gasteiger partial charge < -0.3 is 10.1 Å². The molecule has 0 amide bonds. The first kappa shape index (κ1) is 14.8. The molecular weight excluding hydrogens is 258 g/mol. The first-order chi connectivity index (χ1) is 9.40. The number of hydrogen-bond donors (Lipinski definition) is 1. The van der Waals surface area contributed by atoms with Crippen molar-refractivity contribution in [3.63, 3.8) is 0 Å². The first-order valence-electron chi connectivity index (χ1n) is 7.02. The molecule has 0 bridgehead atoms. The number of rotatable bonds is 7. The summed E-state index contributed by atoms with van der Waals surface area (Å²) in [6.07, 6.45) is 10.6.